The number of fused-ring (bicyclic) bond motifs is 2. The third-order valence-electron chi connectivity index (χ3n) is 5.69. The van der Waals surface area contributed by atoms with Gasteiger partial charge >= 0.3 is 6.03 Å². The number of rotatable bonds is 2. The summed E-state index contributed by atoms with van der Waals surface area (Å²) in [6.45, 7) is 3.51. The molecule has 0 unspecified atom stereocenters. The minimum atomic E-state index is -0.470. The monoisotopic (exact) mass is 356 g/mol. The summed E-state index contributed by atoms with van der Waals surface area (Å²) >= 11 is 0. The quantitative estimate of drug-likeness (QED) is 0.792. The molecule has 0 radical (unpaired) electrons. The standard InChI is InChI=1S/C19H24N4O3/c1-13-18(25)20(2)10-15-11-21(19(26)23(13)15)12-17(24)22-9-5-7-14-6-3-4-8-16(14)22/h3-4,6,8,13,15H,5,7,9-12H2,1-2H3/t13-,15+/m0/s1. The van der Waals surface area contributed by atoms with Gasteiger partial charge in [0.05, 0.1) is 6.04 Å². The molecule has 0 spiro atoms. The number of amides is 4. The summed E-state index contributed by atoms with van der Waals surface area (Å²) in [7, 11) is 1.76. The summed E-state index contributed by atoms with van der Waals surface area (Å²) in [5, 5.41) is 0. The maximum atomic E-state index is 12.9. The Morgan fingerprint density at radius 3 is 2.77 bits per heavy atom. The molecule has 0 bridgehead atoms. The molecular weight excluding hydrogens is 332 g/mol. The van der Waals surface area contributed by atoms with E-state index in [1.54, 1.807) is 33.6 Å². The van der Waals surface area contributed by atoms with Gasteiger partial charge in [-0.1, -0.05) is 18.2 Å². The van der Waals surface area contributed by atoms with E-state index in [1.807, 2.05) is 18.2 Å². The second-order valence-electron chi connectivity index (χ2n) is 7.40. The SMILES string of the molecule is C[C@H]1C(=O)N(C)C[C@@H]2CN(CC(=O)N3CCCc4ccccc43)C(=O)N21. The molecule has 4 amide bonds. The van der Waals surface area contributed by atoms with Crippen LogP contribution in [0.5, 0.6) is 0 Å². The Bertz CT molecular complexity index is 765. The molecule has 3 aliphatic heterocycles. The van der Waals surface area contributed by atoms with E-state index >= 15 is 0 Å². The lowest BCUT2D eigenvalue weighted by molar-refractivity contribution is -0.139. The van der Waals surface area contributed by atoms with Gasteiger partial charge in [-0.15, -0.1) is 0 Å². The Labute approximate surface area is 153 Å². The Kier molecular flexibility index (Phi) is 4.09. The van der Waals surface area contributed by atoms with Crippen LogP contribution >= 0.6 is 0 Å². The van der Waals surface area contributed by atoms with Crippen molar-refractivity contribution in [1.29, 1.82) is 0 Å². The summed E-state index contributed by atoms with van der Waals surface area (Å²) in [6, 6.07) is 7.24. The lowest BCUT2D eigenvalue weighted by Crippen LogP contribution is -2.59. The topological polar surface area (TPSA) is 64.2 Å². The first-order chi connectivity index (χ1) is 12.5. The number of hydrogen-bond donors (Lipinski definition) is 0. The van der Waals surface area contributed by atoms with Crippen LogP contribution in [0.3, 0.4) is 0 Å². The lowest BCUT2D eigenvalue weighted by atomic mass is 10.0. The molecule has 3 aliphatic rings. The van der Waals surface area contributed by atoms with E-state index in [0.717, 1.165) is 18.5 Å². The van der Waals surface area contributed by atoms with Crippen molar-refractivity contribution in [3.8, 4) is 0 Å². The summed E-state index contributed by atoms with van der Waals surface area (Å²) in [6.07, 6.45) is 1.91. The highest BCUT2D eigenvalue weighted by Crippen LogP contribution is 2.28. The van der Waals surface area contributed by atoms with Crippen molar-refractivity contribution in [2.24, 2.45) is 0 Å². The highest BCUT2D eigenvalue weighted by Gasteiger charge is 2.47. The number of carbonyl (C=O) groups excluding carboxylic acids is 3. The fourth-order valence-corrected chi connectivity index (χ4v) is 4.39. The van der Waals surface area contributed by atoms with Crippen molar-refractivity contribution in [3.63, 3.8) is 0 Å². The summed E-state index contributed by atoms with van der Waals surface area (Å²) in [4.78, 5) is 44.6. The number of urea groups is 1. The van der Waals surface area contributed by atoms with Gasteiger partial charge in [-0.05, 0) is 31.4 Å². The average Bonchev–Trinajstić information content (AvgIpc) is 2.94. The Hall–Kier alpha value is -2.57. The van der Waals surface area contributed by atoms with Crippen LogP contribution in [0, 0.1) is 0 Å². The molecule has 0 saturated carbocycles. The predicted molar refractivity (Wildman–Crippen MR) is 96.8 cm³/mol. The Balaban J connectivity index is 1.50. The van der Waals surface area contributed by atoms with Crippen LogP contribution in [0.25, 0.3) is 0 Å². The van der Waals surface area contributed by atoms with Crippen LogP contribution in [0.1, 0.15) is 18.9 Å². The maximum absolute atomic E-state index is 12.9. The zero-order valence-corrected chi connectivity index (χ0v) is 15.2. The van der Waals surface area contributed by atoms with E-state index in [1.165, 1.54) is 5.56 Å². The van der Waals surface area contributed by atoms with E-state index in [9.17, 15) is 14.4 Å². The molecule has 0 N–H and O–H groups in total. The normalized spacial score (nSPS) is 25.5. The molecule has 7 heteroatoms. The molecule has 3 heterocycles. The molecule has 1 aromatic rings. The number of likely N-dealkylation sites (N-methyl/N-ethyl adjacent to an activating group) is 1. The van der Waals surface area contributed by atoms with E-state index in [-0.39, 0.29) is 30.4 Å². The molecule has 138 valence electrons. The third kappa shape index (κ3) is 2.62. The van der Waals surface area contributed by atoms with Gasteiger partial charge in [0.2, 0.25) is 11.8 Å². The van der Waals surface area contributed by atoms with Gasteiger partial charge in [-0.3, -0.25) is 9.59 Å². The van der Waals surface area contributed by atoms with Gasteiger partial charge in [-0.25, -0.2) is 4.79 Å². The molecule has 1 aromatic carbocycles. The number of aryl methyl sites for hydroxylation is 1. The van der Waals surface area contributed by atoms with Crippen LogP contribution in [0.2, 0.25) is 0 Å². The predicted octanol–water partition coefficient (Wildman–Crippen LogP) is 0.933. The van der Waals surface area contributed by atoms with Crippen LogP contribution in [0.15, 0.2) is 24.3 Å². The number of para-hydroxylation sites is 1. The van der Waals surface area contributed by atoms with E-state index in [4.69, 9.17) is 0 Å². The Morgan fingerprint density at radius 1 is 1.19 bits per heavy atom. The molecule has 0 aliphatic carbocycles. The van der Waals surface area contributed by atoms with Crippen molar-refractivity contribution in [2.75, 3.05) is 38.1 Å². The van der Waals surface area contributed by atoms with E-state index < -0.39 is 6.04 Å². The lowest BCUT2D eigenvalue weighted by Gasteiger charge is -2.38. The van der Waals surface area contributed by atoms with Crippen LogP contribution in [-0.4, -0.2) is 77.9 Å². The van der Waals surface area contributed by atoms with E-state index in [0.29, 0.717) is 19.6 Å². The van der Waals surface area contributed by atoms with Gasteiger partial charge in [-0.2, -0.15) is 0 Å². The van der Waals surface area contributed by atoms with Crippen molar-refractivity contribution in [2.45, 2.75) is 31.8 Å². The molecule has 0 aromatic heterocycles. The molecular formula is C19H24N4O3. The highest BCUT2D eigenvalue weighted by atomic mass is 16.2. The number of hydrogen-bond acceptors (Lipinski definition) is 3. The van der Waals surface area contributed by atoms with Crippen LogP contribution in [-0.2, 0) is 16.0 Å². The van der Waals surface area contributed by atoms with Crippen molar-refractivity contribution in [3.05, 3.63) is 29.8 Å². The number of nitrogens with zero attached hydrogens (tertiary/aromatic N) is 4. The van der Waals surface area contributed by atoms with Gasteiger partial charge in [0.15, 0.2) is 0 Å². The second kappa shape index (κ2) is 6.30. The Morgan fingerprint density at radius 2 is 1.96 bits per heavy atom. The molecule has 2 saturated heterocycles. The summed E-state index contributed by atoms with van der Waals surface area (Å²) < 4.78 is 0. The van der Waals surface area contributed by atoms with Crippen molar-refractivity contribution < 1.29 is 14.4 Å². The van der Waals surface area contributed by atoms with Crippen LogP contribution in [0.4, 0.5) is 10.5 Å². The van der Waals surface area contributed by atoms with Gasteiger partial charge in [0.1, 0.15) is 12.6 Å². The van der Waals surface area contributed by atoms with Crippen molar-refractivity contribution >= 4 is 23.5 Å². The fourth-order valence-electron chi connectivity index (χ4n) is 4.39. The minimum absolute atomic E-state index is 0.0401. The minimum Gasteiger partial charge on any atom is -0.342 e. The molecule has 7 nitrogen and oxygen atoms in total. The zero-order valence-electron chi connectivity index (χ0n) is 15.2. The summed E-state index contributed by atoms with van der Waals surface area (Å²) in [5.74, 6) is -0.106. The first-order valence-electron chi connectivity index (χ1n) is 9.18. The van der Waals surface area contributed by atoms with Gasteiger partial charge in [0, 0.05) is 32.4 Å². The first-order valence-corrected chi connectivity index (χ1v) is 9.18. The fraction of sp³-hybridized carbons (Fsp3) is 0.526. The first kappa shape index (κ1) is 16.9. The van der Waals surface area contributed by atoms with Gasteiger partial charge in [0.25, 0.3) is 0 Å². The molecule has 2 fully saturated rings. The van der Waals surface area contributed by atoms with E-state index in [2.05, 4.69) is 6.07 Å². The van der Waals surface area contributed by atoms with Crippen LogP contribution < -0.4 is 4.90 Å². The third-order valence-corrected chi connectivity index (χ3v) is 5.69. The number of anilines is 1. The number of benzene rings is 1. The number of piperazine rings is 1. The van der Waals surface area contributed by atoms with Gasteiger partial charge < -0.3 is 19.6 Å². The zero-order chi connectivity index (χ0) is 18.4. The molecule has 26 heavy (non-hydrogen) atoms. The smallest absolute Gasteiger partial charge is 0.321 e. The summed E-state index contributed by atoms with van der Waals surface area (Å²) in [5.41, 5.74) is 2.13. The second-order valence-corrected chi connectivity index (χ2v) is 7.40. The average molecular weight is 356 g/mol. The number of carbonyl (C=O) groups is 3. The highest BCUT2D eigenvalue weighted by molar-refractivity contribution is 5.98. The largest absolute Gasteiger partial charge is 0.342 e. The van der Waals surface area contributed by atoms with Crippen molar-refractivity contribution in [1.82, 2.24) is 14.7 Å². The molecule has 4 rings (SSSR count). The maximum Gasteiger partial charge on any atom is 0.321 e. The molecule has 2 atom stereocenters.